The maximum Gasteiger partial charge on any atom is 0.128 e. The molecule has 0 aliphatic carbocycles. The van der Waals surface area contributed by atoms with E-state index in [0.29, 0.717) is 18.7 Å². The van der Waals surface area contributed by atoms with Gasteiger partial charge >= 0.3 is 0 Å². The van der Waals surface area contributed by atoms with Crippen LogP contribution in [0.3, 0.4) is 0 Å². The number of benzene rings is 1. The summed E-state index contributed by atoms with van der Waals surface area (Å²) in [5, 5.41) is 0. The quantitative estimate of drug-likeness (QED) is 0.856. The predicted octanol–water partition coefficient (Wildman–Crippen LogP) is 1.66. The normalized spacial score (nSPS) is 16.5. The largest absolute Gasteiger partial charge is 0.320 e. The van der Waals surface area contributed by atoms with Crippen molar-refractivity contribution in [3.63, 3.8) is 0 Å². The van der Waals surface area contributed by atoms with Crippen LogP contribution in [-0.2, 0) is 6.54 Å². The molecule has 0 amide bonds. The summed E-state index contributed by atoms with van der Waals surface area (Å²) in [5.74, 6) is 5.43. The molecule has 0 unspecified atom stereocenters. The molecule has 4 heteroatoms. The zero-order chi connectivity index (χ0) is 15.1. The van der Waals surface area contributed by atoms with Crippen molar-refractivity contribution < 1.29 is 4.39 Å². The Hall–Kier alpha value is -1.41. The molecule has 3 nitrogen and oxygen atoms in total. The summed E-state index contributed by atoms with van der Waals surface area (Å²) in [6, 6.07) is 5.22. The molecule has 2 rings (SSSR count). The fourth-order valence-corrected chi connectivity index (χ4v) is 2.63. The van der Waals surface area contributed by atoms with E-state index >= 15 is 0 Å². The molecule has 0 spiro atoms. The second-order valence-electron chi connectivity index (χ2n) is 5.43. The Morgan fingerprint density at radius 1 is 1.19 bits per heavy atom. The molecular weight excluding hydrogens is 265 g/mol. The summed E-state index contributed by atoms with van der Waals surface area (Å²) < 4.78 is 14.1. The Balaban J connectivity index is 1.92. The van der Waals surface area contributed by atoms with Gasteiger partial charge in [-0.2, -0.15) is 0 Å². The van der Waals surface area contributed by atoms with Crippen molar-refractivity contribution in [2.45, 2.75) is 19.9 Å². The monoisotopic (exact) mass is 289 g/mol. The fourth-order valence-electron chi connectivity index (χ4n) is 2.63. The van der Waals surface area contributed by atoms with Gasteiger partial charge in [0.05, 0.1) is 6.54 Å². The van der Waals surface area contributed by atoms with Crippen LogP contribution in [0.1, 0.15) is 24.5 Å². The minimum Gasteiger partial charge on any atom is -0.320 e. The van der Waals surface area contributed by atoms with Crippen LogP contribution in [-0.4, -0.2) is 49.1 Å². The van der Waals surface area contributed by atoms with E-state index in [1.54, 1.807) is 0 Å². The maximum atomic E-state index is 14.1. The van der Waals surface area contributed by atoms with E-state index < -0.39 is 0 Å². The molecule has 114 valence electrons. The van der Waals surface area contributed by atoms with Gasteiger partial charge in [-0.05, 0) is 25.1 Å². The number of nitrogens with zero attached hydrogens (tertiary/aromatic N) is 2. The Morgan fingerprint density at radius 3 is 2.52 bits per heavy atom. The van der Waals surface area contributed by atoms with Gasteiger partial charge in [-0.25, -0.2) is 4.39 Å². The number of nitrogens with two attached hydrogens (primary N) is 1. The Labute approximate surface area is 126 Å². The molecule has 1 aliphatic rings. The summed E-state index contributed by atoms with van der Waals surface area (Å²) >= 11 is 0. The van der Waals surface area contributed by atoms with Gasteiger partial charge in [0.2, 0.25) is 0 Å². The van der Waals surface area contributed by atoms with Gasteiger partial charge in [0.15, 0.2) is 0 Å². The number of hydrogen-bond acceptors (Lipinski definition) is 3. The Kier molecular flexibility index (Phi) is 6.19. The van der Waals surface area contributed by atoms with Crippen molar-refractivity contribution in [2.75, 3.05) is 39.3 Å². The first-order chi connectivity index (χ1) is 10.2. The van der Waals surface area contributed by atoms with Gasteiger partial charge in [0, 0.05) is 43.9 Å². The van der Waals surface area contributed by atoms with Crippen LogP contribution in [0.4, 0.5) is 4.39 Å². The van der Waals surface area contributed by atoms with Crippen LogP contribution in [0, 0.1) is 17.7 Å². The van der Waals surface area contributed by atoms with Crippen LogP contribution >= 0.6 is 0 Å². The molecule has 1 aromatic rings. The Bertz CT molecular complexity index is 511. The molecular formula is C17H24FN3. The summed E-state index contributed by atoms with van der Waals surface area (Å²) in [7, 11) is 0. The summed E-state index contributed by atoms with van der Waals surface area (Å²) in [4.78, 5) is 4.79. The number of hydrogen-bond donors (Lipinski definition) is 1. The van der Waals surface area contributed by atoms with Crippen molar-refractivity contribution in [3.05, 3.63) is 35.1 Å². The molecule has 0 bridgehead atoms. The minimum absolute atomic E-state index is 0.171. The van der Waals surface area contributed by atoms with Gasteiger partial charge in [0.25, 0.3) is 0 Å². The molecule has 1 fully saturated rings. The lowest BCUT2D eigenvalue weighted by Gasteiger charge is -2.34. The van der Waals surface area contributed by atoms with Crippen LogP contribution in [0.15, 0.2) is 18.2 Å². The van der Waals surface area contributed by atoms with E-state index in [4.69, 9.17) is 5.73 Å². The third kappa shape index (κ3) is 4.82. The van der Waals surface area contributed by atoms with Crippen molar-refractivity contribution in [1.29, 1.82) is 0 Å². The van der Waals surface area contributed by atoms with Gasteiger partial charge in [-0.15, -0.1) is 0 Å². The van der Waals surface area contributed by atoms with Crippen LogP contribution in [0.25, 0.3) is 0 Å². The lowest BCUT2D eigenvalue weighted by molar-refractivity contribution is 0.126. The molecule has 1 heterocycles. The Morgan fingerprint density at radius 2 is 1.90 bits per heavy atom. The van der Waals surface area contributed by atoms with Gasteiger partial charge < -0.3 is 10.6 Å². The van der Waals surface area contributed by atoms with E-state index in [9.17, 15) is 4.39 Å². The van der Waals surface area contributed by atoms with Gasteiger partial charge in [-0.3, -0.25) is 4.90 Å². The molecule has 0 radical (unpaired) electrons. The smallest absolute Gasteiger partial charge is 0.128 e. The topological polar surface area (TPSA) is 32.5 Å². The molecule has 0 saturated carbocycles. The second-order valence-corrected chi connectivity index (χ2v) is 5.43. The molecule has 1 aromatic carbocycles. The molecule has 0 atom stereocenters. The summed E-state index contributed by atoms with van der Waals surface area (Å²) in [6.07, 6.45) is 1.19. The zero-order valence-corrected chi connectivity index (χ0v) is 12.7. The highest BCUT2D eigenvalue weighted by Gasteiger charge is 2.17. The van der Waals surface area contributed by atoms with Crippen LogP contribution < -0.4 is 5.73 Å². The third-order valence-electron chi connectivity index (χ3n) is 3.79. The predicted molar refractivity (Wildman–Crippen MR) is 84.3 cm³/mol. The van der Waals surface area contributed by atoms with E-state index in [1.807, 2.05) is 12.1 Å². The van der Waals surface area contributed by atoms with Crippen molar-refractivity contribution in [2.24, 2.45) is 5.73 Å². The first-order valence-corrected chi connectivity index (χ1v) is 7.65. The molecule has 21 heavy (non-hydrogen) atoms. The number of halogens is 1. The lowest BCUT2D eigenvalue weighted by Crippen LogP contribution is -2.46. The standard InChI is InChI=1S/C17H24FN3/c1-2-8-20-9-11-21(12-10-20)14-16-6-5-15(4-3-7-19)13-17(16)18/h5-6,13H,2,7-12,14,19H2,1H3. The highest BCUT2D eigenvalue weighted by Crippen LogP contribution is 2.14. The summed E-state index contributed by atoms with van der Waals surface area (Å²) in [6.45, 7) is 8.52. The minimum atomic E-state index is -0.171. The average Bonchev–Trinajstić information content (AvgIpc) is 2.50. The molecule has 2 N–H and O–H groups in total. The van der Waals surface area contributed by atoms with E-state index in [-0.39, 0.29) is 5.82 Å². The SMILES string of the molecule is CCCN1CCN(Cc2ccc(C#CCN)cc2F)CC1. The van der Waals surface area contributed by atoms with Crippen molar-refractivity contribution in [3.8, 4) is 11.8 Å². The van der Waals surface area contributed by atoms with Gasteiger partial charge in [0.1, 0.15) is 5.82 Å². The first kappa shape index (κ1) is 16.0. The summed E-state index contributed by atoms with van der Waals surface area (Å²) in [5.41, 5.74) is 6.76. The van der Waals surface area contributed by atoms with Crippen molar-refractivity contribution >= 4 is 0 Å². The third-order valence-corrected chi connectivity index (χ3v) is 3.79. The van der Waals surface area contributed by atoms with E-state index in [2.05, 4.69) is 28.6 Å². The van der Waals surface area contributed by atoms with Crippen LogP contribution in [0.5, 0.6) is 0 Å². The van der Waals surface area contributed by atoms with Crippen LogP contribution in [0.2, 0.25) is 0 Å². The van der Waals surface area contributed by atoms with E-state index in [0.717, 1.165) is 38.3 Å². The number of piperazine rings is 1. The average molecular weight is 289 g/mol. The highest BCUT2D eigenvalue weighted by molar-refractivity contribution is 5.37. The molecule has 1 aliphatic heterocycles. The van der Waals surface area contributed by atoms with Crippen molar-refractivity contribution in [1.82, 2.24) is 9.80 Å². The molecule has 0 aromatic heterocycles. The number of rotatable bonds is 4. The lowest BCUT2D eigenvalue weighted by atomic mass is 10.1. The second kappa shape index (κ2) is 8.14. The fraction of sp³-hybridized carbons (Fsp3) is 0.529. The van der Waals surface area contributed by atoms with E-state index in [1.165, 1.54) is 12.5 Å². The molecule has 1 saturated heterocycles. The van der Waals surface area contributed by atoms with Gasteiger partial charge in [-0.1, -0.05) is 24.8 Å². The zero-order valence-electron chi connectivity index (χ0n) is 12.7. The highest BCUT2D eigenvalue weighted by atomic mass is 19.1. The first-order valence-electron chi connectivity index (χ1n) is 7.65. The maximum absolute atomic E-state index is 14.1.